The van der Waals surface area contributed by atoms with E-state index in [4.69, 9.17) is 9.47 Å². The third kappa shape index (κ3) is 5.06. The number of benzene rings is 1. The molecular weight excluding hydrogens is 440 g/mol. The lowest BCUT2D eigenvalue weighted by atomic mass is 10.0. The highest BCUT2D eigenvalue weighted by Crippen LogP contribution is 2.29. The Hall–Kier alpha value is -2.89. The predicted molar refractivity (Wildman–Crippen MR) is 117 cm³/mol. The summed E-state index contributed by atoms with van der Waals surface area (Å²) in [5.74, 6) is 1.21. The van der Waals surface area contributed by atoms with Gasteiger partial charge in [0.2, 0.25) is 5.91 Å². The maximum absolute atomic E-state index is 12.9. The highest BCUT2D eigenvalue weighted by Gasteiger charge is 2.27. The molecule has 3 rings (SSSR count). The van der Waals surface area contributed by atoms with Crippen molar-refractivity contribution in [2.45, 2.75) is 10.3 Å². The average Bonchev–Trinajstić information content (AvgIpc) is 3.44. The Balaban J connectivity index is 1.88. The zero-order chi connectivity index (χ0) is 22.6. The predicted octanol–water partition coefficient (Wildman–Crippen LogP) is 2.03. The number of carbonyl (C=O) groups is 1. The minimum Gasteiger partial charge on any atom is -0.497 e. The van der Waals surface area contributed by atoms with E-state index in [1.165, 1.54) is 27.3 Å². The lowest BCUT2D eigenvalue weighted by Crippen LogP contribution is -2.40. The zero-order valence-corrected chi connectivity index (χ0v) is 19.2. The van der Waals surface area contributed by atoms with Gasteiger partial charge in [-0.25, -0.2) is 13.4 Å². The summed E-state index contributed by atoms with van der Waals surface area (Å²) >= 11 is 1.10. The number of sulfonamides is 1. The molecule has 9 nitrogen and oxygen atoms in total. The first-order valence-corrected chi connectivity index (χ1v) is 11.6. The Morgan fingerprint density at radius 2 is 1.94 bits per heavy atom. The van der Waals surface area contributed by atoms with Crippen molar-refractivity contribution < 1.29 is 22.7 Å². The van der Waals surface area contributed by atoms with Crippen molar-refractivity contribution in [2.24, 2.45) is 7.05 Å². The van der Waals surface area contributed by atoms with Gasteiger partial charge in [-0.1, -0.05) is 6.07 Å². The fourth-order valence-electron chi connectivity index (χ4n) is 3.01. The normalized spacial score (nSPS) is 12.5. The van der Waals surface area contributed by atoms with E-state index in [-0.39, 0.29) is 10.8 Å². The van der Waals surface area contributed by atoms with E-state index in [1.807, 2.05) is 7.05 Å². The monoisotopic (exact) mass is 464 g/mol. The van der Waals surface area contributed by atoms with Crippen LogP contribution >= 0.6 is 11.3 Å². The van der Waals surface area contributed by atoms with Crippen molar-refractivity contribution in [1.29, 1.82) is 0 Å². The van der Waals surface area contributed by atoms with Gasteiger partial charge in [-0.2, -0.15) is 4.31 Å². The lowest BCUT2D eigenvalue weighted by molar-refractivity contribution is -0.121. The van der Waals surface area contributed by atoms with Gasteiger partial charge in [-0.05, 0) is 29.1 Å². The molecule has 1 amide bonds. The number of nitrogens with one attached hydrogen (secondary N) is 1. The molecule has 0 spiro atoms. The van der Waals surface area contributed by atoms with Gasteiger partial charge in [0.25, 0.3) is 10.0 Å². The van der Waals surface area contributed by atoms with Gasteiger partial charge in [0.05, 0.1) is 20.8 Å². The van der Waals surface area contributed by atoms with Gasteiger partial charge < -0.3 is 19.4 Å². The van der Waals surface area contributed by atoms with E-state index < -0.39 is 22.0 Å². The first-order chi connectivity index (χ1) is 14.8. The van der Waals surface area contributed by atoms with Crippen molar-refractivity contribution in [3.63, 3.8) is 0 Å². The molecular formula is C20H24N4O5S2. The molecule has 0 saturated heterocycles. The second-order valence-electron chi connectivity index (χ2n) is 6.74. The summed E-state index contributed by atoms with van der Waals surface area (Å²) < 4.78 is 39.0. The summed E-state index contributed by atoms with van der Waals surface area (Å²) in [4.78, 5) is 17.2. The molecule has 0 radical (unpaired) electrons. The number of aryl methyl sites for hydroxylation is 1. The van der Waals surface area contributed by atoms with E-state index in [1.54, 1.807) is 46.6 Å². The van der Waals surface area contributed by atoms with Gasteiger partial charge in [0, 0.05) is 32.6 Å². The van der Waals surface area contributed by atoms with Gasteiger partial charge in [0.1, 0.15) is 27.6 Å². The van der Waals surface area contributed by atoms with E-state index in [2.05, 4.69) is 10.3 Å². The zero-order valence-electron chi connectivity index (χ0n) is 17.6. The van der Waals surface area contributed by atoms with Crippen molar-refractivity contribution in [3.05, 3.63) is 59.5 Å². The SMILES string of the molecule is COc1cc(OC)cc(C(NC(=O)CN(C)S(=O)(=O)c2cccs2)c2nccn2C)c1. The molecule has 1 unspecified atom stereocenters. The largest absolute Gasteiger partial charge is 0.497 e. The minimum atomic E-state index is -3.74. The van der Waals surface area contributed by atoms with Gasteiger partial charge >= 0.3 is 0 Å². The van der Waals surface area contributed by atoms with Gasteiger partial charge in [-0.15, -0.1) is 11.3 Å². The summed E-state index contributed by atoms with van der Waals surface area (Å²) in [6.07, 6.45) is 3.39. The molecule has 0 aliphatic carbocycles. The molecule has 0 bridgehead atoms. The Morgan fingerprint density at radius 1 is 1.26 bits per heavy atom. The van der Waals surface area contributed by atoms with Crippen LogP contribution in [0, 0.1) is 0 Å². The van der Waals surface area contributed by atoms with Gasteiger partial charge in [0.15, 0.2) is 0 Å². The first kappa shape index (κ1) is 22.8. The Labute approximate surface area is 185 Å². The van der Waals surface area contributed by atoms with E-state index in [0.717, 1.165) is 15.6 Å². The van der Waals surface area contributed by atoms with Crippen LogP contribution in [0.3, 0.4) is 0 Å². The van der Waals surface area contributed by atoms with Crippen LogP contribution in [0.15, 0.2) is 52.3 Å². The van der Waals surface area contributed by atoms with Crippen LogP contribution in [0.25, 0.3) is 0 Å². The Bertz CT molecular complexity index is 1120. The summed E-state index contributed by atoms with van der Waals surface area (Å²) in [7, 11) is 2.52. The molecule has 31 heavy (non-hydrogen) atoms. The number of aromatic nitrogens is 2. The number of thiophene rings is 1. The number of ether oxygens (including phenoxy) is 2. The molecule has 2 heterocycles. The molecule has 0 aliphatic heterocycles. The number of rotatable bonds is 9. The van der Waals surface area contributed by atoms with Crippen LogP contribution in [0.5, 0.6) is 11.5 Å². The molecule has 1 aromatic carbocycles. The molecule has 2 aromatic heterocycles. The summed E-state index contributed by atoms with van der Waals surface area (Å²) in [5.41, 5.74) is 0.683. The van der Waals surface area contributed by atoms with Crippen LogP contribution in [-0.4, -0.2) is 56.0 Å². The van der Waals surface area contributed by atoms with Crippen LogP contribution in [0.1, 0.15) is 17.4 Å². The number of hydrogen-bond acceptors (Lipinski definition) is 7. The average molecular weight is 465 g/mol. The summed E-state index contributed by atoms with van der Waals surface area (Å²) in [6.45, 7) is -0.345. The van der Waals surface area contributed by atoms with Crippen molar-refractivity contribution in [1.82, 2.24) is 19.2 Å². The van der Waals surface area contributed by atoms with E-state index >= 15 is 0 Å². The smallest absolute Gasteiger partial charge is 0.252 e. The quantitative estimate of drug-likeness (QED) is 0.520. The second-order valence-corrected chi connectivity index (χ2v) is 9.96. The lowest BCUT2D eigenvalue weighted by Gasteiger charge is -2.22. The highest BCUT2D eigenvalue weighted by atomic mass is 32.2. The number of imidazole rings is 1. The van der Waals surface area contributed by atoms with Gasteiger partial charge in [-0.3, -0.25) is 4.79 Å². The second kappa shape index (κ2) is 9.50. The molecule has 166 valence electrons. The van der Waals surface area contributed by atoms with Crippen LogP contribution in [0.2, 0.25) is 0 Å². The Kier molecular flexibility index (Phi) is 6.98. The van der Waals surface area contributed by atoms with Crippen molar-refractivity contribution in [2.75, 3.05) is 27.8 Å². The molecule has 1 N–H and O–H groups in total. The Morgan fingerprint density at radius 3 is 2.45 bits per heavy atom. The third-order valence-corrected chi connectivity index (χ3v) is 7.83. The van der Waals surface area contributed by atoms with Crippen molar-refractivity contribution in [3.8, 4) is 11.5 Å². The molecule has 0 aliphatic rings. The summed E-state index contributed by atoms with van der Waals surface area (Å²) in [6, 6.07) is 7.78. The third-order valence-electron chi connectivity index (χ3n) is 4.65. The number of amides is 1. The number of methoxy groups -OCH3 is 2. The van der Waals surface area contributed by atoms with Crippen LogP contribution in [0.4, 0.5) is 0 Å². The number of carbonyl (C=O) groups excluding carboxylic acids is 1. The topological polar surface area (TPSA) is 103 Å². The molecule has 0 fully saturated rings. The molecule has 1 atom stereocenters. The number of nitrogens with zero attached hydrogens (tertiary/aromatic N) is 3. The maximum Gasteiger partial charge on any atom is 0.252 e. The minimum absolute atomic E-state index is 0.181. The maximum atomic E-state index is 12.9. The van der Waals surface area contributed by atoms with E-state index in [9.17, 15) is 13.2 Å². The fraction of sp³-hybridized carbons (Fsp3) is 0.300. The molecule has 3 aromatic rings. The number of likely N-dealkylation sites (N-methyl/N-ethyl adjacent to an activating group) is 1. The van der Waals surface area contributed by atoms with Crippen LogP contribution in [-0.2, 0) is 21.9 Å². The standard InChI is InChI=1S/C20H24N4O5S2/c1-23-8-7-21-20(23)19(14-10-15(28-3)12-16(11-14)29-4)22-17(25)13-24(2)31(26,27)18-6-5-9-30-18/h5-12,19H,13H2,1-4H3,(H,22,25). The van der Waals surface area contributed by atoms with Crippen LogP contribution < -0.4 is 14.8 Å². The van der Waals surface area contributed by atoms with Crippen molar-refractivity contribution >= 4 is 27.3 Å². The fourth-order valence-corrected chi connectivity index (χ4v) is 5.33. The highest BCUT2D eigenvalue weighted by molar-refractivity contribution is 7.91. The number of hydrogen-bond donors (Lipinski definition) is 1. The summed E-state index contributed by atoms with van der Waals surface area (Å²) in [5, 5.41) is 4.57. The first-order valence-electron chi connectivity index (χ1n) is 9.25. The van der Waals surface area contributed by atoms with E-state index in [0.29, 0.717) is 22.9 Å². The molecule has 11 heteroatoms. The molecule has 0 saturated carbocycles.